The van der Waals surface area contributed by atoms with E-state index in [0.29, 0.717) is 12.8 Å². The van der Waals surface area contributed by atoms with Crippen LogP contribution in [0.25, 0.3) is 0 Å². The van der Waals surface area contributed by atoms with Crippen molar-refractivity contribution in [2.75, 3.05) is 0 Å². The molecule has 0 unspecified atom stereocenters. The van der Waals surface area contributed by atoms with Gasteiger partial charge >= 0.3 is 0 Å². The Morgan fingerprint density at radius 2 is 2.24 bits per heavy atom. The molecule has 0 spiro atoms. The van der Waals surface area contributed by atoms with Gasteiger partial charge in [-0.25, -0.2) is 4.98 Å². The topological polar surface area (TPSA) is 34.9 Å². The van der Waals surface area contributed by atoms with E-state index in [1.165, 1.54) is 0 Å². The van der Waals surface area contributed by atoms with Crippen LogP contribution in [0.5, 0.6) is 0 Å². The predicted molar refractivity (Wildman–Crippen MR) is 69.8 cm³/mol. The average molecular weight is 293 g/mol. The lowest BCUT2D eigenvalue weighted by molar-refractivity contribution is -0.117. The number of imidazole rings is 1. The van der Waals surface area contributed by atoms with Crippen molar-refractivity contribution < 1.29 is 4.79 Å². The zero-order valence-corrected chi connectivity index (χ0v) is 11.1. The summed E-state index contributed by atoms with van der Waals surface area (Å²) >= 11 is 3.40. The van der Waals surface area contributed by atoms with Crippen molar-refractivity contribution in [2.24, 2.45) is 7.05 Å². The number of hydrogen-bond acceptors (Lipinski definition) is 2. The monoisotopic (exact) mass is 292 g/mol. The summed E-state index contributed by atoms with van der Waals surface area (Å²) in [6, 6.07) is 7.82. The molecule has 0 atom stereocenters. The van der Waals surface area contributed by atoms with Gasteiger partial charge in [-0.2, -0.15) is 0 Å². The van der Waals surface area contributed by atoms with Crippen molar-refractivity contribution >= 4 is 21.7 Å². The molecule has 1 aromatic heterocycles. The highest BCUT2D eigenvalue weighted by atomic mass is 79.9. The van der Waals surface area contributed by atoms with E-state index in [9.17, 15) is 4.79 Å². The van der Waals surface area contributed by atoms with Crippen LogP contribution in [-0.2, 0) is 24.7 Å². The second kappa shape index (κ2) is 5.27. The third-order valence-electron chi connectivity index (χ3n) is 2.57. The largest absolute Gasteiger partial charge is 0.338 e. The molecule has 0 aliphatic rings. The molecule has 0 radical (unpaired) electrons. The molecular weight excluding hydrogens is 280 g/mol. The van der Waals surface area contributed by atoms with Gasteiger partial charge in [0, 0.05) is 30.3 Å². The summed E-state index contributed by atoms with van der Waals surface area (Å²) in [7, 11) is 1.90. The molecule has 4 heteroatoms. The second-order valence-corrected chi connectivity index (χ2v) is 4.89. The lowest BCUT2D eigenvalue weighted by atomic mass is 10.1. The molecule has 3 nitrogen and oxygen atoms in total. The molecule has 0 aliphatic carbocycles. The van der Waals surface area contributed by atoms with E-state index in [2.05, 4.69) is 20.9 Å². The van der Waals surface area contributed by atoms with Gasteiger partial charge in [-0.05, 0) is 17.7 Å². The lowest BCUT2D eigenvalue weighted by Crippen LogP contribution is -2.10. The van der Waals surface area contributed by atoms with Crippen molar-refractivity contribution in [1.82, 2.24) is 9.55 Å². The van der Waals surface area contributed by atoms with E-state index in [-0.39, 0.29) is 5.78 Å². The molecule has 17 heavy (non-hydrogen) atoms. The molecule has 0 aliphatic heterocycles. The Kier molecular flexibility index (Phi) is 3.74. The van der Waals surface area contributed by atoms with Crippen LogP contribution in [0.15, 0.2) is 41.1 Å². The van der Waals surface area contributed by atoms with E-state index >= 15 is 0 Å². The lowest BCUT2D eigenvalue weighted by Gasteiger charge is -2.02. The highest BCUT2D eigenvalue weighted by Gasteiger charge is 2.08. The van der Waals surface area contributed by atoms with Gasteiger partial charge in [0.15, 0.2) is 0 Å². The standard InChI is InChI=1S/C13H13BrN2O/c1-16-6-5-15-13(16)9-12(17)8-10-3-2-4-11(14)7-10/h2-7H,8-9H2,1H3. The van der Waals surface area contributed by atoms with E-state index in [1.807, 2.05) is 42.1 Å². The highest BCUT2D eigenvalue weighted by Crippen LogP contribution is 2.12. The minimum absolute atomic E-state index is 0.178. The number of carbonyl (C=O) groups is 1. The summed E-state index contributed by atoms with van der Waals surface area (Å²) in [6.45, 7) is 0. The Morgan fingerprint density at radius 1 is 1.41 bits per heavy atom. The van der Waals surface area contributed by atoms with Crippen LogP contribution in [0.1, 0.15) is 11.4 Å². The SMILES string of the molecule is Cn1ccnc1CC(=O)Cc1cccc(Br)c1. The Bertz CT molecular complexity index is 534. The molecule has 0 saturated heterocycles. The van der Waals surface area contributed by atoms with Gasteiger partial charge in [0.05, 0.1) is 6.42 Å². The van der Waals surface area contributed by atoms with E-state index in [1.54, 1.807) is 6.20 Å². The summed E-state index contributed by atoms with van der Waals surface area (Å²) in [4.78, 5) is 16.0. The number of halogens is 1. The molecule has 1 aromatic carbocycles. The summed E-state index contributed by atoms with van der Waals surface area (Å²) < 4.78 is 2.87. The maximum atomic E-state index is 11.9. The second-order valence-electron chi connectivity index (χ2n) is 3.98. The Balaban J connectivity index is 2.01. The molecule has 88 valence electrons. The van der Waals surface area contributed by atoms with Gasteiger partial charge in [-0.15, -0.1) is 0 Å². The maximum absolute atomic E-state index is 11.9. The zero-order valence-electron chi connectivity index (χ0n) is 9.56. The molecule has 2 aromatic rings. The van der Waals surface area contributed by atoms with Crippen molar-refractivity contribution in [2.45, 2.75) is 12.8 Å². The van der Waals surface area contributed by atoms with Crippen LogP contribution >= 0.6 is 15.9 Å². The number of Topliss-reactive ketones (excluding diaryl/α,β-unsaturated/α-hetero) is 1. The zero-order chi connectivity index (χ0) is 12.3. The molecule has 0 N–H and O–H groups in total. The van der Waals surface area contributed by atoms with E-state index in [0.717, 1.165) is 15.9 Å². The molecule has 0 bridgehead atoms. The van der Waals surface area contributed by atoms with Crippen LogP contribution in [0.2, 0.25) is 0 Å². The minimum Gasteiger partial charge on any atom is -0.338 e. The average Bonchev–Trinajstić information content (AvgIpc) is 2.64. The Hall–Kier alpha value is -1.42. The number of nitrogens with zero attached hydrogens (tertiary/aromatic N) is 2. The third-order valence-corrected chi connectivity index (χ3v) is 3.06. The number of ketones is 1. The van der Waals surface area contributed by atoms with E-state index in [4.69, 9.17) is 0 Å². The number of benzene rings is 1. The fourth-order valence-electron chi connectivity index (χ4n) is 1.68. The van der Waals surface area contributed by atoms with Crippen LogP contribution in [0.3, 0.4) is 0 Å². The fraction of sp³-hybridized carbons (Fsp3) is 0.231. The first-order valence-electron chi connectivity index (χ1n) is 5.37. The minimum atomic E-state index is 0.178. The van der Waals surface area contributed by atoms with Gasteiger partial charge < -0.3 is 4.57 Å². The van der Waals surface area contributed by atoms with Gasteiger partial charge in [-0.1, -0.05) is 28.1 Å². The Labute approximate surface area is 109 Å². The van der Waals surface area contributed by atoms with Crippen LogP contribution in [-0.4, -0.2) is 15.3 Å². The van der Waals surface area contributed by atoms with Gasteiger partial charge in [0.1, 0.15) is 11.6 Å². The first-order chi connectivity index (χ1) is 8.15. The van der Waals surface area contributed by atoms with Crippen LogP contribution in [0.4, 0.5) is 0 Å². The summed E-state index contributed by atoms with van der Waals surface area (Å²) in [5, 5.41) is 0. The summed E-state index contributed by atoms with van der Waals surface area (Å²) in [5.74, 6) is 0.988. The first-order valence-corrected chi connectivity index (χ1v) is 6.17. The maximum Gasteiger partial charge on any atom is 0.144 e. The number of hydrogen-bond donors (Lipinski definition) is 0. The van der Waals surface area contributed by atoms with Crippen molar-refractivity contribution in [1.29, 1.82) is 0 Å². The number of aryl methyl sites for hydroxylation is 1. The fourth-order valence-corrected chi connectivity index (χ4v) is 2.13. The van der Waals surface area contributed by atoms with Crippen molar-refractivity contribution in [3.05, 3.63) is 52.5 Å². The first kappa shape index (κ1) is 12.0. The van der Waals surface area contributed by atoms with Crippen molar-refractivity contribution in [3.63, 3.8) is 0 Å². The van der Waals surface area contributed by atoms with Gasteiger partial charge in [0.2, 0.25) is 0 Å². The summed E-state index contributed by atoms with van der Waals surface area (Å²) in [5.41, 5.74) is 1.03. The van der Waals surface area contributed by atoms with Crippen LogP contribution in [0, 0.1) is 0 Å². The Morgan fingerprint density at radius 3 is 2.88 bits per heavy atom. The van der Waals surface area contributed by atoms with Crippen LogP contribution < -0.4 is 0 Å². The molecule has 0 fully saturated rings. The van der Waals surface area contributed by atoms with E-state index < -0.39 is 0 Å². The van der Waals surface area contributed by atoms with Gasteiger partial charge in [0.25, 0.3) is 0 Å². The summed E-state index contributed by atoms with van der Waals surface area (Å²) in [6.07, 6.45) is 4.39. The van der Waals surface area contributed by atoms with Gasteiger partial charge in [-0.3, -0.25) is 4.79 Å². The number of carbonyl (C=O) groups excluding carboxylic acids is 1. The molecular formula is C13H13BrN2O. The normalized spacial score (nSPS) is 10.5. The highest BCUT2D eigenvalue weighted by molar-refractivity contribution is 9.10. The third kappa shape index (κ3) is 3.27. The molecule has 1 heterocycles. The number of rotatable bonds is 4. The van der Waals surface area contributed by atoms with Crippen molar-refractivity contribution in [3.8, 4) is 0 Å². The molecule has 0 amide bonds. The smallest absolute Gasteiger partial charge is 0.144 e. The molecule has 0 saturated carbocycles. The number of aromatic nitrogens is 2. The molecule has 2 rings (SSSR count). The predicted octanol–water partition coefficient (Wildman–Crippen LogP) is 2.54. The quantitative estimate of drug-likeness (QED) is 0.868.